The third-order valence-corrected chi connectivity index (χ3v) is 10.4. The predicted molar refractivity (Wildman–Crippen MR) is 161 cm³/mol. The van der Waals surface area contributed by atoms with Crippen LogP contribution in [0.2, 0.25) is 0 Å². The van der Waals surface area contributed by atoms with Crippen LogP contribution in [0.25, 0.3) is 0 Å². The normalized spacial score (nSPS) is 19.5. The molecule has 0 radical (unpaired) electrons. The maximum Gasteiger partial charge on any atom is 0.257 e. The van der Waals surface area contributed by atoms with Crippen LogP contribution in [0.4, 0.5) is 5.69 Å². The smallest absolute Gasteiger partial charge is 0.257 e. The zero-order valence-corrected chi connectivity index (χ0v) is 25.4. The van der Waals surface area contributed by atoms with E-state index in [0.29, 0.717) is 12.2 Å². The fourth-order valence-corrected chi connectivity index (χ4v) is 7.01. The van der Waals surface area contributed by atoms with Gasteiger partial charge in [0.25, 0.3) is 5.91 Å². The standard InChI is InChI=1S/C30H44N6O4S/c1-32(2)41(38,39)30-27(36-18-16-33(3)17-19-36)10-6-11-28(30)40-23-29(37)31-20-26(35-13-7-14-35)22-34-15-12-24-8-4-5-9-25(24)21-34/h4-6,8-11,26H,7,12-23H2,1-3H3,(H,31,37). The van der Waals surface area contributed by atoms with E-state index in [0.717, 1.165) is 65.3 Å². The summed E-state index contributed by atoms with van der Waals surface area (Å²) in [4.78, 5) is 22.3. The molecule has 0 bridgehead atoms. The Labute approximate surface area is 244 Å². The number of likely N-dealkylation sites (N-methyl/N-ethyl adjacent to an activating group) is 1. The van der Waals surface area contributed by atoms with Gasteiger partial charge in [-0.05, 0) is 56.2 Å². The number of nitrogens with one attached hydrogen (secondary N) is 1. The highest BCUT2D eigenvalue weighted by molar-refractivity contribution is 7.89. The number of rotatable bonds is 11. The third kappa shape index (κ3) is 7.03. The van der Waals surface area contributed by atoms with Crippen LogP contribution in [-0.4, -0.2) is 126 Å². The lowest BCUT2D eigenvalue weighted by molar-refractivity contribution is -0.123. The van der Waals surface area contributed by atoms with E-state index in [9.17, 15) is 13.2 Å². The lowest BCUT2D eigenvalue weighted by Gasteiger charge is -2.41. The van der Waals surface area contributed by atoms with Gasteiger partial charge in [-0.15, -0.1) is 0 Å². The molecule has 0 saturated carbocycles. The van der Waals surface area contributed by atoms with Gasteiger partial charge in [0.1, 0.15) is 10.6 Å². The van der Waals surface area contributed by atoms with E-state index in [4.69, 9.17) is 4.74 Å². The van der Waals surface area contributed by atoms with Gasteiger partial charge in [0.05, 0.1) is 5.69 Å². The summed E-state index contributed by atoms with van der Waals surface area (Å²) in [7, 11) is 1.29. The number of hydrogen-bond donors (Lipinski definition) is 1. The van der Waals surface area contributed by atoms with E-state index in [1.54, 1.807) is 12.1 Å². The molecule has 1 amide bonds. The van der Waals surface area contributed by atoms with Crippen molar-refractivity contribution >= 4 is 21.6 Å². The van der Waals surface area contributed by atoms with Gasteiger partial charge < -0.3 is 19.9 Å². The van der Waals surface area contributed by atoms with Crippen molar-refractivity contribution in [2.24, 2.45) is 0 Å². The Bertz CT molecular complexity index is 1310. The SMILES string of the molecule is CN1CCN(c2cccc(OCC(=O)NCC(CN3CCc4ccccc4C3)N3CCC3)c2S(=O)(=O)N(C)C)CC1. The minimum atomic E-state index is -3.81. The van der Waals surface area contributed by atoms with Gasteiger partial charge in [-0.3, -0.25) is 14.6 Å². The minimum Gasteiger partial charge on any atom is -0.482 e. The number of ether oxygens (including phenoxy) is 1. The van der Waals surface area contributed by atoms with Crippen LogP contribution in [-0.2, 0) is 27.8 Å². The monoisotopic (exact) mass is 584 g/mol. The van der Waals surface area contributed by atoms with Crippen molar-refractivity contribution in [1.29, 1.82) is 0 Å². The fourth-order valence-electron chi connectivity index (χ4n) is 5.81. The van der Waals surface area contributed by atoms with E-state index in [1.807, 2.05) is 6.07 Å². The Morgan fingerprint density at radius 1 is 0.976 bits per heavy atom. The molecule has 11 heteroatoms. The molecule has 41 heavy (non-hydrogen) atoms. The van der Waals surface area contributed by atoms with Crippen molar-refractivity contribution in [1.82, 2.24) is 24.3 Å². The number of likely N-dealkylation sites (tertiary alicyclic amines) is 1. The second-order valence-corrected chi connectivity index (χ2v) is 13.7. The number of carbonyl (C=O) groups excluding carboxylic acids is 1. The molecule has 3 aliphatic rings. The van der Waals surface area contributed by atoms with Crippen molar-refractivity contribution in [2.75, 3.05) is 91.6 Å². The van der Waals surface area contributed by atoms with Gasteiger partial charge in [0.2, 0.25) is 10.0 Å². The average Bonchev–Trinajstić information content (AvgIpc) is 2.94. The molecule has 0 aliphatic carbocycles. The molecule has 2 aromatic carbocycles. The molecular weight excluding hydrogens is 540 g/mol. The maximum atomic E-state index is 13.4. The molecule has 10 nitrogen and oxygen atoms in total. The molecule has 3 aliphatic heterocycles. The summed E-state index contributed by atoms with van der Waals surface area (Å²) in [6.07, 6.45) is 2.23. The number of fused-ring (bicyclic) bond motifs is 1. The molecule has 0 spiro atoms. The number of carbonyl (C=O) groups is 1. The summed E-state index contributed by atoms with van der Waals surface area (Å²) in [5, 5.41) is 3.07. The Hall–Kier alpha value is -2.70. The Morgan fingerprint density at radius 3 is 2.39 bits per heavy atom. The van der Waals surface area contributed by atoms with Gasteiger partial charge in [0.15, 0.2) is 6.61 Å². The van der Waals surface area contributed by atoms with Crippen molar-refractivity contribution in [3.8, 4) is 5.75 Å². The van der Waals surface area contributed by atoms with E-state index in [-0.39, 0.29) is 29.2 Å². The van der Waals surface area contributed by atoms with Crippen LogP contribution in [0.3, 0.4) is 0 Å². The van der Waals surface area contributed by atoms with E-state index >= 15 is 0 Å². The molecule has 2 fully saturated rings. The Kier molecular flexibility index (Phi) is 9.50. The molecule has 2 aromatic rings. The maximum absolute atomic E-state index is 13.4. The summed E-state index contributed by atoms with van der Waals surface area (Å²) in [5.41, 5.74) is 3.44. The molecule has 3 heterocycles. The molecule has 5 rings (SSSR count). The average molecular weight is 585 g/mol. The van der Waals surface area contributed by atoms with Gasteiger partial charge in [-0.1, -0.05) is 30.3 Å². The van der Waals surface area contributed by atoms with Gasteiger partial charge in [-0.25, -0.2) is 12.7 Å². The predicted octanol–water partition coefficient (Wildman–Crippen LogP) is 1.32. The number of anilines is 1. The number of benzene rings is 2. The molecule has 1 N–H and O–H groups in total. The van der Waals surface area contributed by atoms with E-state index < -0.39 is 10.0 Å². The van der Waals surface area contributed by atoms with Crippen molar-refractivity contribution in [3.63, 3.8) is 0 Å². The highest BCUT2D eigenvalue weighted by Crippen LogP contribution is 2.36. The highest BCUT2D eigenvalue weighted by Gasteiger charge is 2.31. The highest BCUT2D eigenvalue weighted by atomic mass is 32.2. The third-order valence-electron chi connectivity index (χ3n) is 8.52. The first-order valence-corrected chi connectivity index (χ1v) is 16.1. The molecule has 0 aromatic heterocycles. The largest absolute Gasteiger partial charge is 0.482 e. The first-order valence-electron chi connectivity index (χ1n) is 14.6. The molecule has 1 unspecified atom stereocenters. The Morgan fingerprint density at radius 2 is 1.71 bits per heavy atom. The summed E-state index contributed by atoms with van der Waals surface area (Å²) in [5.74, 6) is -0.0470. The molecular formula is C30H44N6O4S. The van der Waals surface area contributed by atoms with Gasteiger partial charge in [-0.2, -0.15) is 0 Å². The number of hydrogen-bond acceptors (Lipinski definition) is 8. The summed E-state index contributed by atoms with van der Waals surface area (Å²) < 4.78 is 34.0. The number of sulfonamides is 1. The van der Waals surface area contributed by atoms with E-state index in [2.05, 4.69) is 56.2 Å². The van der Waals surface area contributed by atoms with Crippen LogP contribution in [0, 0.1) is 0 Å². The van der Waals surface area contributed by atoms with E-state index in [1.165, 1.54) is 35.9 Å². The van der Waals surface area contributed by atoms with Crippen LogP contribution < -0.4 is 15.0 Å². The summed E-state index contributed by atoms with van der Waals surface area (Å²) in [6, 6.07) is 14.1. The van der Waals surface area contributed by atoms with Gasteiger partial charge in [0, 0.05) is 72.5 Å². The van der Waals surface area contributed by atoms with Crippen LogP contribution in [0.5, 0.6) is 5.75 Å². The fraction of sp³-hybridized carbons (Fsp3) is 0.567. The number of piperazine rings is 1. The summed E-state index contributed by atoms with van der Waals surface area (Å²) >= 11 is 0. The lowest BCUT2D eigenvalue weighted by atomic mass is 9.99. The second kappa shape index (κ2) is 13.1. The van der Waals surface area contributed by atoms with Crippen molar-refractivity contribution in [2.45, 2.75) is 30.3 Å². The lowest BCUT2D eigenvalue weighted by Crippen LogP contribution is -2.55. The van der Waals surface area contributed by atoms with Crippen LogP contribution in [0.1, 0.15) is 17.5 Å². The molecule has 224 valence electrons. The van der Waals surface area contributed by atoms with Crippen molar-refractivity contribution in [3.05, 3.63) is 53.6 Å². The van der Waals surface area contributed by atoms with Gasteiger partial charge >= 0.3 is 0 Å². The minimum absolute atomic E-state index is 0.117. The summed E-state index contributed by atoms with van der Waals surface area (Å²) in [6.45, 7) is 8.36. The molecule has 2 saturated heterocycles. The van der Waals surface area contributed by atoms with Crippen molar-refractivity contribution < 1.29 is 17.9 Å². The second-order valence-electron chi connectivity index (χ2n) is 11.6. The van der Waals surface area contributed by atoms with Crippen LogP contribution in [0.15, 0.2) is 47.4 Å². The molecule has 1 atom stereocenters. The quantitative estimate of drug-likeness (QED) is 0.423. The first-order chi connectivity index (χ1) is 19.7. The first kappa shape index (κ1) is 29.8. The zero-order chi connectivity index (χ0) is 29.0. The zero-order valence-electron chi connectivity index (χ0n) is 24.6. The topological polar surface area (TPSA) is 88.7 Å². The number of amides is 1. The Balaban J connectivity index is 1.22. The number of nitrogens with zero attached hydrogens (tertiary/aromatic N) is 5. The van der Waals surface area contributed by atoms with Crippen LogP contribution >= 0.6 is 0 Å².